The van der Waals surface area contributed by atoms with Gasteiger partial charge in [0.05, 0.1) is 22.2 Å². The summed E-state index contributed by atoms with van der Waals surface area (Å²) < 4.78 is 5.26. The van der Waals surface area contributed by atoms with Crippen molar-refractivity contribution in [3.05, 3.63) is 32.8 Å². The van der Waals surface area contributed by atoms with Gasteiger partial charge >= 0.3 is 5.97 Å². The molecule has 0 aliphatic heterocycles. The van der Waals surface area contributed by atoms with Crippen molar-refractivity contribution in [1.29, 1.82) is 0 Å². The molecule has 1 saturated carbocycles. The van der Waals surface area contributed by atoms with E-state index in [9.17, 15) is 4.79 Å². The molecule has 1 aliphatic carbocycles. The first kappa shape index (κ1) is 16.9. The summed E-state index contributed by atoms with van der Waals surface area (Å²) in [6.07, 6.45) is 5.91. The number of ether oxygens (including phenoxy) is 1. The number of hydrogen-bond acceptors (Lipinski definition) is 2. The van der Waals surface area contributed by atoms with Crippen molar-refractivity contribution in [3.8, 4) is 0 Å². The predicted molar refractivity (Wildman–Crippen MR) is 87.5 cm³/mol. The van der Waals surface area contributed by atoms with Crippen molar-refractivity contribution in [2.75, 3.05) is 6.61 Å². The molecule has 0 aromatic heterocycles. The van der Waals surface area contributed by atoms with Crippen molar-refractivity contribution in [1.82, 2.24) is 0 Å². The van der Waals surface area contributed by atoms with Crippen LogP contribution in [-0.2, 0) is 4.74 Å². The number of esters is 1. The lowest BCUT2D eigenvalue weighted by atomic mass is 10.0. The molecule has 21 heavy (non-hydrogen) atoms. The SMILES string of the molecule is CC1CCC(CCCOC(=O)c2cc(Cl)cc(Cl)c2Cl)C1. The third-order valence-corrected chi connectivity index (χ3v) is 5.03. The van der Waals surface area contributed by atoms with Crippen LogP contribution in [0, 0.1) is 11.8 Å². The molecule has 0 heterocycles. The highest BCUT2D eigenvalue weighted by Gasteiger charge is 2.21. The number of carbonyl (C=O) groups excluding carboxylic acids is 1. The van der Waals surface area contributed by atoms with Gasteiger partial charge in [0, 0.05) is 5.02 Å². The second-order valence-corrected chi connectivity index (χ2v) is 7.03. The summed E-state index contributed by atoms with van der Waals surface area (Å²) >= 11 is 17.8. The second-order valence-electron chi connectivity index (χ2n) is 5.81. The van der Waals surface area contributed by atoms with Crippen LogP contribution < -0.4 is 0 Å². The second kappa shape index (κ2) is 7.71. The zero-order valence-corrected chi connectivity index (χ0v) is 14.3. The highest BCUT2D eigenvalue weighted by atomic mass is 35.5. The molecule has 0 saturated heterocycles. The molecule has 2 unspecified atom stereocenters. The molecular formula is C16H19Cl3O2. The number of hydrogen-bond donors (Lipinski definition) is 0. The van der Waals surface area contributed by atoms with E-state index in [4.69, 9.17) is 39.5 Å². The Bertz CT molecular complexity index is 516. The lowest BCUT2D eigenvalue weighted by molar-refractivity contribution is 0.0493. The molecule has 1 aromatic rings. The molecule has 1 aliphatic rings. The normalized spacial score (nSPS) is 21.5. The zero-order valence-electron chi connectivity index (χ0n) is 12.0. The van der Waals surface area contributed by atoms with Gasteiger partial charge in [-0.05, 0) is 43.2 Å². The summed E-state index contributed by atoms with van der Waals surface area (Å²) in [5.41, 5.74) is 0.226. The van der Waals surface area contributed by atoms with Crippen LogP contribution in [0.3, 0.4) is 0 Å². The van der Waals surface area contributed by atoms with E-state index in [-0.39, 0.29) is 15.6 Å². The van der Waals surface area contributed by atoms with E-state index in [1.54, 1.807) is 0 Å². The molecular weight excluding hydrogens is 331 g/mol. The average Bonchev–Trinajstić information content (AvgIpc) is 2.84. The van der Waals surface area contributed by atoms with Gasteiger partial charge in [0.2, 0.25) is 0 Å². The summed E-state index contributed by atoms with van der Waals surface area (Å²) in [5, 5.41) is 0.822. The van der Waals surface area contributed by atoms with Crippen molar-refractivity contribution in [2.24, 2.45) is 11.8 Å². The highest BCUT2D eigenvalue weighted by Crippen LogP contribution is 2.33. The van der Waals surface area contributed by atoms with Gasteiger partial charge in [0.15, 0.2) is 0 Å². The lowest BCUT2D eigenvalue weighted by Gasteiger charge is -2.10. The number of rotatable bonds is 5. The molecule has 2 nitrogen and oxygen atoms in total. The Morgan fingerprint density at radius 3 is 2.71 bits per heavy atom. The Hall–Kier alpha value is -0.440. The Balaban J connectivity index is 1.80. The molecule has 0 bridgehead atoms. The molecule has 2 atom stereocenters. The smallest absolute Gasteiger partial charge is 0.339 e. The van der Waals surface area contributed by atoms with E-state index >= 15 is 0 Å². The summed E-state index contributed by atoms with van der Waals surface area (Å²) in [6, 6.07) is 2.99. The fraction of sp³-hybridized carbons (Fsp3) is 0.562. The minimum absolute atomic E-state index is 0.190. The molecule has 0 amide bonds. The molecule has 5 heteroatoms. The third-order valence-electron chi connectivity index (χ3n) is 4.01. The number of halogens is 3. The molecule has 116 valence electrons. The number of carbonyl (C=O) groups is 1. The fourth-order valence-corrected chi connectivity index (χ4v) is 3.59. The van der Waals surface area contributed by atoms with Gasteiger partial charge < -0.3 is 4.74 Å². The van der Waals surface area contributed by atoms with Crippen LogP contribution in [0.2, 0.25) is 15.1 Å². The Labute approximate surface area is 140 Å². The first-order valence-electron chi connectivity index (χ1n) is 7.29. The van der Waals surface area contributed by atoms with Crippen LogP contribution in [0.25, 0.3) is 0 Å². The van der Waals surface area contributed by atoms with Gasteiger partial charge in [-0.15, -0.1) is 0 Å². The van der Waals surface area contributed by atoms with E-state index in [0.29, 0.717) is 11.6 Å². The van der Waals surface area contributed by atoms with Crippen molar-refractivity contribution in [2.45, 2.75) is 39.0 Å². The largest absolute Gasteiger partial charge is 0.462 e. The Morgan fingerprint density at radius 2 is 2.05 bits per heavy atom. The van der Waals surface area contributed by atoms with Gasteiger partial charge in [-0.1, -0.05) is 54.6 Å². The molecule has 1 aromatic carbocycles. The van der Waals surface area contributed by atoms with Gasteiger partial charge in [-0.3, -0.25) is 0 Å². The van der Waals surface area contributed by atoms with E-state index in [1.807, 2.05) is 0 Å². The van der Waals surface area contributed by atoms with E-state index < -0.39 is 5.97 Å². The molecule has 2 rings (SSSR count). The minimum atomic E-state index is -0.468. The Morgan fingerprint density at radius 1 is 1.29 bits per heavy atom. The van der Waals surface area contributed by atoms with Crippen LogP contribution in [0.4, 0.5) is 0 Å². The standard InChI is InChI=1S/C16H19Cl3O2/c1-10-4-5-11(7-10)3-2-6-21-16(20)13-8-12(17)9-14(18)15(13)19/h8-11H,2-7H2,1H3. The molecule has 0 spiro atoms. The quantitative estimate of drug-likeness (QED) is 0.369. The average molecular weight is 350 g/mol. The van der Waals surface area contributed by atoms with Gasteiger partial charge in [-0.2, -0.15) is 0 Å². The van der Waals surface area contributed by atoms with Crippen LogP contribution >= 0.6 is 34.8 Å². The summed E-state index contributed by atoms with van der Waals surface area (Å²) in [7, 11) is 0. The lowest BCUT2D eigenvalue weighted by Crippen LogP contribution is -2.08. The summed E-state index contributed by atoms with van der Waals surface area (Å²) in [6.45, 7) is 2.70. The number of benzene rings is 1. The van der Waals surface area contributed by atoms with Gasteiger partial charge in [-0.25, -0.2) is 4.79 Å². The monoisotopic (exact) mass is 348 g/mol. The Kier molecular flexibility index (Phi) is 6.21. The van der Waals surface area contributed by atoms with Gasteiger partial charge in [0.1, 0.15) is 0 Å². The van der Waals surface area contributed by atoms with Crippen LogP contribution in [-0.4, -0.2) is 12.6 Å². The maximum Gasteiger partial charge on any atom is 0.339 e. The van der Waals surface area contributed by atoms with Crippen molar-refractivity contribution >= 4 is 40.8 Å². The fourth-order valence-electron chi connectivity index (χ4n) is 2.91. The van der Waals surface area contributed by atoms with Crippen LogP contribution in [0.1, 0.15) is 49.4 Å². The van der Waals surface area contributed by atoms with Crippen molar-refractivity contribution in [3.63, 3.8) is 0 Å². The van der Waals surface area contributed by atoms with Crippen molar-refractivity contribution < 1.29 is 9.53 Å². The van der Waals surface area contributed by atoms with Crippen LogP contribution in [0.15, 0.2) is 12.1 Å². The van der Waals surface area contributed by atoms with Gasteiger partial charge in [0.25, 0.3) is 0 Å². The van der Waals surface area contributed by atoms with Crippen LogP contribution in [0.5, 0.6) is 0 Å². The van der Waals surface area contributed by atoms with E-state index in [0.717, 1.165) is 24.7 Å². The first-order chi connectivity index (χ1) is 9.97. The minimum Gasteiger partial charge on any atom is -0.462 e. The maximum atomic E-state index is 12.0. The predicted octanol–water partition coefficient (Wildman–Crippen LogP) is 6.02. The maximum absolute atomic E-state index is 12.0. The van der Waals surface area contributed by atoms with E-state index in [2.05, 4.69) is 6.92 Å². The molecule has 1 fully saturated rings. The summed E-state index contributed by atoms with van der Waals surface area (Å²) in [4.78, 5) is 12.0. The van der Waals surface area contributed by atoms with E-state index in [1.165, 1.54) is 31.4 Å². The molecule has 0 N–H and O–H groups in total. The summed E-state index contributed by atoms with van der Waals surface area (Å²) in [5.74, 6) is 1.15. The third kappa shape index (κ3) is 4.77. The first-order valence-corrected chi connectivity index (χ1v) is 8.42. The highest BCUT2D eigenvalue weighted by molar-refractivity contribution is 6.45. The zero-order chi connectivity index (χ0) is 15.4. The topological polar surface area (TPSA) is 26.3 Å². The molecule has 0 radical (unpaired) electrons.